The van der Waals surface area contributed by atoms with Crippen LogP contribution in [0.3, 0.4) is 0 Å². The van der Waals surface area contributed by atoms with Crippen molar-refractivity contribution in [3.8, 4) is 0 Å². The maximum absolute atomic E-state index is 11.4. The molecule has 0 aliphatic carbocycles. The Kier molecular flexibility index (Phi) is 7.35. The average Bonchev–Trinajstić information content (AvgIpc) is 2.42. The van der Waals surface area contributed by atoms with E-state index in [-0.39, 0.29) is 13.0 Å². The van der Waals surface area contributed by atoms with E-state index in [9.17, 15) is 4.79 Å². The lowest BCUT2D eigenvalue weighted by molar-refractivity contribution is -0.116. The van der Waals surface area contributed by atoms with Crippen molar-refractivity contribution < 1.29 is 6.22 Å². The van der Waals surface area contributed by atoms with Gasteiger partial charge in [-0.05, 0) is 6.92 Å². The Hall–Kier alpha value is -1.90. The number of hydrogen-bond acceptors (Lipinski definition) is 2. The van der Waals surface area contributed by atoms with Crippen molar-refractivity contribution >= 4 is 11.6 Å². The van der Waals surface area contributed by atoms with Crippen molar-refractivity contribution in [2.75, 3.05) is 7.05 Å². The number of carbonyl (C=O) groups excluding carboxylic acids is 1. The largest absolute Gasteiger partial charge is 0.355 e. The molecule has 0 atom stereocenters. The van der Waals surface area contributed by atoms with Crippen LogP contribution < -0.4 is 5.32 Å². The van der Waals surface area contributed by atoms with Gasteiger partial charge in [0.05, 0.1) is 11.3 Å². The lowest BCUT2D eigenvalue weighted by atomic mass is 10.0. The van der Waals surface area contributed by atoms with E-state index >= 15 is 0 Å². The van der Waals surface area contributed by atoms with Crippen LogP contribution >= 0.6 is 0 Å². The minimum Gasteiger partial charge on any atom is -0.355 e. The van der Waals surface area contributed by atoms with E-state index in [1.165, 1.54) is 0 Å². The van der Waals surface area contributed by atoms with Gasteiger partial charge >= 0.3 is 0 Å². The first-order valence-corrected chi connectivity index (χ1v) is 5.73. The lowest BCUT2D eigenvalue weighted by Crippen LogP contribution is -2.24. The molecular weight excluding hydrogens is 212 g/mol. The maximum Gasteiger partial charge on any atom is 0.252 e. The fourth-order valence-corrected chi connectivity index (χ4v) is 1.28. The van der Waals surface area contributed by atoms with Gasteiger partial charge in [0.2, 0.25) is 0 Å². The minimum atomic E-state index is -0.230. The van der Waals surface area contributed by atoms with Crippen LogP contribution in [0.4, 0.5) is 0 Å². The highest BCUT2D eigenvalue weighted by Crippen LogP contribution is 2.08. The predicted molar refractivity (Wildman–Crippen MR) is 74.6 cm³/mol. The number of benzene rings is 1. The first-order chi connectivity index (χ1) is 8.20. The molecule has 3 nitrogen and oxygen atoms in total. The second kappa shape index (κ2) is 8.28. The maximum atomic E-state index is 11.4. The van der Waals surface area contributed by atoms with E-state index in [2.05, 4.69) is 5.32 Å². The topological polar surface area (TPSA) is 53.0 Å². The molecule has 1 aromatic rings. The second-order valence-electron chi connectivity index (χ2n) is 3.02. The zero-order chi connectivity index (χ0) is 13.3. The number of carbonyl (C=O) groups is 1. The van der Waals surface area contributed by atoms with Gasteiger partial charge < -0.3 is 5.32 Å². The van der Waals surface area contributed by atoms with Crippen LogP contribution in [0.1, 0.15) is 27.8 Å². The van der Waals surface area contributed by atoms with Crippen molar-refractivity contribution in [3.63, 3.8) is 0 Å². The summed E-state index contributed by atoms with van der Waals surface area (Å²) in [6, 6.07) is 9.21. The number of nitrogens with one attached hydrogen (secondary N) is 2. The molecule has 0 saturated carbocycles. The summed E-state index contributed by atoms with van der Waals surface area (Å²) < 4.78 is 0. The molecular formula is C14H22N2O. The van der Waals surface area contributed by atoms with E-state index < -0.39 is 0 Å². The Bertz CT molecular complexity index is 400. The zero-order valence-electron chi connectivity index (χ0n) is 10.9. The Labute approximate surface area is 105 Å². The van der Waals surface area contributed by atoms with Gasteiger partial charge in [0, 0.05) is 14.0 Å². The summed E-state index contributed by atoms with van der Waals surface area (Å²) in [5, 5.41) is 10.4. The van der Waals surface area contributed by atoms with Crippen LogP contribution in [0.2, 0.25) is 0 Å². The number of amides is 1. The summed E-state index contributed by atoms with van der Waals surface area (Å²) in [7, 11) is 1.56. The van der Waals surface area contributed by atoms with E-state index in [0.717, 1.165) is 5.56 Å². The molecule has 0 aliphatic heterocycles. The highest BCUT2D eigenvalue weighted by Gasteiger charge is 2.13. The number of likely N-dealkylation sites (N-methyl/N-ethyl adjacent to an activating group) is 1. The molecule has 1 amide bonds. The van der Waals surface area contributed by atoms with Crippen molar-refractivity contribution in [1.29, 1.82) is 5.41 Å². The molecule has 0 bridgehead atoms. The molecule has 1 aromatic carbocycles. The predicted octanol–water partition coefficient (Wildman–Crippen LogP) is 3.02. The SMILES string of the molecule is C/C=C(\C(=N)c1ccccc1)C(=O)NC.CC.[HH]. The summed E-state index contributed by atoms with van der Waals surface area (Å²) in [6.45, 7) is 5.75. The highest BCUT2D eigenvalue weighted by atomic mass is 16.1. The van der Waals surface area contributed by atoms with Crippen LogP contribution in [-0.2, 0) is 4.79 Å². The normalized spacial score (nSPS) is 10.0. The molecule has 0 aliphatic rings. The van der Waals surface area contributed by atoms with Gasteiger partial charge in [0.1, 0.15) is 0 Å². The molecule has 94 valence electrons. The summed E-state index contributed by atoms with van der Waals surface area (Å²) in [4.78, 5) is 11.4. The molecule has 0 unspecified atom stereocenters. The zero-order valence-corrected chi connectivity index (χ0v) is 10.9. The summed E-state index contributed by atoms with van der Waals surface area (Å²) in [5.74, 6) is -0.230. The highest BCUT2D eigenvalue weighted by molar-refractivity contribution is 6.26. The van der Waals surface area contributed by atoms with Crippen molar-refractivity contribution in [3.05, 3.63) is 47.5 Å². The molecule has 3 heteroatoms. The Balaban J connectivity index is 0. The third kappa shape index (κ3) is 4.23. The number of hydrogen-bond donors (Lipinski definition) is 2. The van der Waals surface area contributed by atoms with E-state index in [0.29, 0.717) is 5.57 Å². The molecule has 0 heterocycles. The van der Waals surface area contributed by atoms with Gasteiger partial charge in [-0.15, -0.1) is 0 Å². The number of allylic oxidation sites excluding steroid dienone is 1. The Morgan fingerprint density at radius 1 is 1.29 bits per heavy atom. The molecule has 0 radical (unpaired) electrons. The minimum absolute atomic E-state index is 0. The smallest absolute Gasteiger partial charge is 0.252 e. The molecule has 17 heavy (non-hydrogen) atoms. The quantitative estimate of drug-likeness (QED) is 0.613. The van der Waals surface area contributed by atoms with Gasteiger partial charge in [0.25, 0.3) is 5.91 Å². The van der Waals surface area contributed by atoms with Gasteiger partial charge in [-0.3, -0.25) is 10.2 Å². The van der Waals surface area contributed by atoms with E-state index in [1.54, 1.807) is 20.0 Å². The monoisotopic (exact) mass is 234 g/mol. The Morgan fingerprint density at radius 3 is 2.24 bits per heavy atom. The van der Waals surface area contributed by atoms with Gasteiger partial charge in [-0.25, -0.2) is 0 Å². The lowest BCUT2D eigenvalue weighted by Gasteiger charge is -2.07. The standard InChI is InChI=1S/C12H14N2O.C2H6.H2/c1-3-10(12(15)14-2)11(13)9-7-5-4-6-8-9;1-2;/h3-8,13H,1-2H3,(H,14,15);1-2H3;1H/b10-3+,13-11?;;. The van der Waals surface area contributed by atoms with Gasteiger partial charge in [0.15, 0.2) is 0 Å². The fourth-order valence-electron chi connectivity index (χ4n) is 1.28. The van der Waals surface area contributed by atoms with Crippen LogP contribution in [0.5, 0.6) is 0 Å². The molecule has 0 saturated heterocycles. The molecule has 0 fully saturated rings. The van der Waals surface area contributed by atoms with Crippen LogP contribution in [0.15, 0.2) is 42.0 Å². The third-order valence-electron chi connectivity index (χ3n) is 2.09. The van der Waals surface area contributed by atoms with Crippen molar-refractivity contribution in [2.45, 2.75) is 20.8 Å². The van der Waals surface area contributed by atoms with E-state index in [1.807, 2.05) is 44.2 Å². The number of rotatable bonds is 3. The summed E-state index contributed by atoms with van der Waals surface area (Å²) >= 11 is 0. The van der Waals surface area contributed by atoms with Gasteiger partial charge in [-0.2, -0.15) is 0 Å². The molecule has 0 aromatic heterocycles. The summed E-state index contributed by atoms with van der Waals surface area (Å²) in [5.41, 5.74) is 1.38. The van der Waals surface area contributed by atoms with Crippen molar-refractivity contribution in [2.24, 2.45) is 0 Å². The average molecular weight is 234 g/mol. The second-order valence-corrected chi connectivity index (χ2v) is 3.02. The van der Waals surface area contributed by atoms with Crippen LogP contribution in [-0.4, -0.2) is 18.7 Å². The fraction of sp³-hybridized carbons (Fsp3) is 0.286. The third-order valence-corrected chi connectivity index (χ3v) is 2.09. The van der Waals surface area contributed by atoms with Crippen LogP contribution in [0.25, 0.3) is 0 Å². The molecule has 2 N–H and O–H groups in total. The van der Waals surface area contributed by atoms with Crippen molar-refractivity contribution in [1.82, 2.24) is 5.32 Å². The molecule has 1 rings (SSSR count). The summed E-state index contributed by atoms with van der Waals surface area (Å²) in [6.07, 6.45) is 1.65. The molecule has 0 spiro atoms. The first-order valence-electron chi connectivity index (χ1n) is 5.73. The van der Waals surface area contributed by atoms with Crippen LogP contribution in [0, 0.1) is 5.41 Å². The first kappa shape index (κ1) is 15.1. The van der Waals surface area contributed by atoms with Gasteiger partial charge in [-0.1, -0.05) is 50.3 Å². The Morgan fingerprint density at radius 2 is 1.82 bits per heavy atom. The van der Waals surface area contributed by atoms with E-state index in [4.69, 9.17) is 5.41 Å².